The van der Waals surface area contributed by atoms with Crippen LogP contribution in [-0.2, 0) is 16.1 Å². The first-order valence-electron chi connectivity index (χ1n) is 11.9. The van der Waals surface area contributed by atoms with Crippen LogP contribution in [0.3, 0.4) is 0 Å². The number of para-hydroxylation sites is 1. The number of carbonyl (C=O) groups is 2. The third kappa shape index (κ3) is 5.50. The highest BCUT2D eigenvalue weighted by atomic mass is 35.5. The number of piperidine rings is 1. The van der Waals surface area contributed by atoms with Crippen molar-refractivity contribution >= 4 is 23.4 Å². The van der Waals surface area contributed by atoms with Gasteiger partial charge < -0.3 is 9.80 Å². The monoisotopic (exact) mass is 478 g/mol. The van der Waals surface area contributed by atoms with E-state index >= 15 is 0 Å². The van der Waals surface area contributed by atoms with Gasteiger partial charge in [0.2, 0.25) is 11.8 Å². The van der Waals surface area contributed by atoms with E-state index in [4.69, 9.17) is 16.7 Å². The molecule has 0 aliphatic carbocycles. The van der Waals surface area contributed by atoms with Gasteiger partial charge in [-0.1, -0.05) is 48.9 Å². The average Bonchev–Trinajstić information content (AvgIpc) is 3.28. The Labute approximate surface area is 206 Å². The molecule has 1 atom stereocenters. The van der Waals surface area contributed by atoms with Crippen LogP contribution in [0.1, 0.15) is 38.2 Å². The largest absolute Gasteiger partial charge is 0.342 e. The molecular weight excluding hydrogens is 448 g/mol. The van der Waals surface area contributed by atoms with Gasteiger partial charge in [-0.05, 0) is 43.5 Å². The van der Waals surface area contributed by atoms with Gasteiger partial charge in [-0.15, -0.1) is 0 Å². The summed E-state index contributed by atoms with van der Waals surface area (Å²) in [4.78, 5) is 29.3. The summed E-state index contributed by atoms with van der Waals surface area (Å²) in [6.45, 7) is 3.70. The van der Waals surface area contributed by atoms with Gasteiger partial charge in [0.05, 0.1) is 17.3 Å². The second-order valence-corrected chi connectivity index (χ2v) is 9.35. The smallest absolute Gasteiger partial charge is 0.227 e. The van der Waals surface area contributed by atoms with Gasteiger partial charge in [-0.2, -0.15) is 5.10 Å². The molecule has 1 saturated heterocycles. The molecule has 2 heterocycles. The molecule has 0 radical (unpaired) electrons. The molecule has 1 aliphatic heterocycles. The Morgan fingerprint density at radius 2 is 1.85 bits per heavy atom. The Kier molecular flexibility index (Phi) is 7.68. The number of hydrogen-bond acceptors (Lipinski definition) is 3. The first-order chi connectivity index (χ1) is 16.5. The second kappa shape index (κ2) is 10.9. The number of carbonyl (C=O) groups excluding carboxylic acids is 2. The molecular formula is C27H31ClN4O2. The number of halogens is 1. The van der Waals surface area contributed by atoms with Crippen molar-refractivity contribution < 1.29 is 9.59 Å². The standard InChI is InChI=1S/C27H31ClN4O2/c1-3-8-25(33)31-16-7-9-21(18-31)27(34)30(2)17-22-19-32(24-10-5-4-6-11-24)29-26(22)20-12-14-23(28)15-13-20/h4-6,10-15,19,21H,3,7-9,16-18H2,1-2H3. The van der Waals surface area contributed by atoms with Crippen LogP contribution in [-0.4, -0.2) is 51.5 Å². The summed E-state index contributed by atoms with van der Waals surface area (Å²) in [6.07, 6.45) is 5.03. The Balaban J connectivity index is 1.56. The van der Waals surface area contributed by atoms with Crippen LogP contribution < -0.4 is 0 Å². The van der Waals surface area contributed by atoms with Crippen LogP contribution in [0.25, 0.3) is 16.9 Å². The molecule has 0 saturated carbocycles. The molecule has 1 unspecified atom stereocenters. The van der Waals surface area contributed by atoms with E-state index in [0.717, 1.165) is 48.3 Å². The van der Waals surface area contributed by atoms with Crippen molar-refractivity contribution in [1.29, 1.82) is 0 Å². The lowest BCUT2D eigenvalue weighted by Gasteiger charge is -2.34. The summed E-state index contributed by atoms with van der Waals surface area (Å²) < 4.78 is 1.85. The SMILES string of the molecule is CCCC(=O)N1CCCC(C(=O)N(C)Cc2cn(-c3ccccc3)nc2-c2ccc(Cl)cc2)C1. The summed E-state index contributed by atoms with van der Waals surface area (Å²) in [6, 6.07) is 17.5. The van der Waals surface area contributed by atoms with E-state index in [9.17, 15) is 9.59 Å². The second-order valence-electron chi connectivity index (χ2n) is 8.91. The van der Waals surface area contributed by atoms with E-state index in [0.29, 0.717) is 24.5 Å². The highest BCUT2D eigenvalue weighted by Gasteiger charge is 2.30. The number of hydrogen-bond donors (Lipinski definition) is 0. The van der Waals surface area contributed by atoms with Gasteiger partial charge in [-0.3, -0.25) is 9.59 Å². The maximum Gasteiger partial charge on any atom is 0.227 e. The first kappa shape index (κ1) is 24.0. The lowest BCUT2D eigenvalue weighted by Crippen LogP contribution is -2.45. The van der Waals surface area contributed by atoms with Crippen molar-refractivity contribution in [3.8, 4) is 16.9 Å². The van der Waals surface area contributed by atoms with Crippen LogP contribution >= 0.6 is 11.6 Å². The van der Waals surface area contributed by atoms with E-state index < -0.39 is 0 Å². The predicted molar refractivity (Wildman–Crippen MR) is 135 cm³/mol. The summed E-state index contributed by atoms with van der Waals surface area (Å²) in [5.41, 5.74) is 3.68. The fourth-order valence-electron chi connectivity index (χ4n) is 4.51. The normalized spacial score (nSPS) is 15.9. The highest BCUT2D eigenvalue weighted by molar-refractivity contribution is 6.30. The molecule has 3 aromatic rings. The van der Waals surface area contributed by atoms with Crippen molar-refractivity contribution in [2.24, 2.45) is 5.92 Å². The lowest BCUT2D eigenvalue weighted by molar-refractivity contribution is -0.140. The molecule has 0 bridgehead atoms. The molecule has 0 spiro atoms. The van der Waals surface area contributed by atoms with Crippen molar-refractivity contribution in [2.45, 2.75) is 39.2 Å². The van der Waals surface area contributed by atoms with E-state index in [2.05, 4.69) is 0 Å². The minimum atomic E-state index is -0.164. The molecule has 6 nitrogen and oxygen atoms in total. The molecule has 1 aromatic heterocycles. The number of aromatic nitrogens is 2. The third-order valence-electron chi connectivity index (χ3n) is 6.30. The van der Waals surface area contributed by atoms with Gasteiger partial charge in [0.25, 0.3) is 0 Å². The van der Waals surface area contributed by atoms with Gasteiger partial charge in [-0.25, -0.2) is 4.68 Å². The Hall–Kier alpha value is -3.12. The molecule has 2 aromatic carbocycles. The number of rotatable bonds is 7. The van der Waals surface area contributed by atoms with E-state index in [1.54, 1.807) is 4.90 Å². The van der Waals surface area contributed by atoms with Crippen molar-refractivity contribution in [3.05, 3.63) is 71.4 Å². The zero-order valence-electron chi connectivity index (χ0n) is 19.8. The molecule has 7 heteroatoms. The first-order valence-corrected chi connectivity index (χ1v) is 12.3. The quantitative estimate of drug-likeness (QED) is 0.469. The van der Waals surface area contributed by atoms with Gasteiger partial charge >= 0.3 is 0 Å². The summed E-state index contributed by atoms with van der Waals surface area (Å²) >= 11 is 6.10. The van der Waals surface area contributed by atoms with Crippen LogP contribution in [0.15, 0.2) is 60.8 Å². The minimum Gasteiger partial charge on any atom is -0.342 e. The molecule has 1 fully saturated rings. The van der Waals surface area contributed by atoms with Gasteiger partial charge in [0.1, 0.15) is 0 Å². The van der Waals surface area contributed by atoms with Crippen molar-refractivity contribution in [3.63, 3.8) is 0 Å². The zero-order valence-corrected chi connectivity index (χ0v) is 20.5. The van der Waals surface area contributed by atoms with Gasteiger partial charge in [0, 0.05) is 55.4 Å². The molecule has 4 rings (SSSR count). The topological polar surface area (TPSA) is 58.4 Å². The van der Waals surface area contributed by atoms with E-state index in [1.807, 2.05) is 84.3 Å². The van der Waals surface area contributed by atoms with Crippen LogP contribution in [0.2, 0.25) is 5.02 Å². The lowest BCUT2D eigenvalue weighted by atomic mass is 9.96. The van der Waals surface area contributed by atoms with Crippen LogP contribution in [0, 0.1) is 5.92 Å². The Bertz CT molecular complexity index is 1130. The molecule has 1 aliphatic rings. The fourth-order valence-corrected chi connectivity index (χ4v) is 4.64. The Morgan fingerprint density at radius 1 is 1.12 bits per heavy atom. The Morgan fingerprint density at radius 3 is 2.56 bits per heavy atom. The molecule has 2 amide bonds. The highest BCUT2D eigenvalue weighted by Crippen LogP contribution is 2.27. The van der Waals surface area contributed by atoms with Crippen molar-refractivity contribution in [2.75, 3.05) is 20.1 Å². The van der Waals surface area contributed by atoms with E-state index in [1.165, 1.54) is 0 Å². The van der Waals surface area contributed by atoms with Crippen LogP contribution in [0.4, 0.5) is 0 Å². The predicted octanol–water partition coefficient (Wildman–Crippen LogP) is 5.19. The third-order valence-corrected chi connectivity index (χ3v) is 6.55. The molecule has 178 valence electrons. The van der Waals surface area contributed by atoms with Gasteiger partial charge in [0.15, 0.2) is 0 Å². The number of amides is 2. The van der Waals surface area contributed by atoms with E-state index in [-0.39, 0.29) is 17.7 Å². The van der Waals surface area contributed by atoms with Crippen molar-refractivity contribution in [1.82, 2.24) is 19.6 Å². The van der Waals surface area contributed by atoms with Crippen LogP contribution in [0.5, 0.6) is 0 Å². The molecule has 0 N–H and O–H groups in total. The number of likely N-dealkylation sites (tertiary alicyclic amines) is 1. The zero-order chi connectivity index (χ0) is 24.1. The number of nitrogens with zero attached hydrogens (tertiary/aromatic N) is 4. The maximum atomic E-state index is 13.3. The average molecular weight is 479 g/mol. The summed E-state index contributed by atoms with van der Waals surface area (Å²) in [7, 11) is 1.83. The summed E-state index contributed by atoms with van der Waals surface area (Å²) in [5, 5.41) is 5.51. The summed E-state index contributed by atoms with van der Waals surface area (Å²) in [5.74, 6) is 0.0584. The maximum absolute atomic E-state index is 13.3. The molecule has 34 heavy (non-hydrogen) atoms. The number of benzene rings is 2. The fraction of sp³-hybridized carbons (Fsp3) is 0.370. The minimum absolute atomic E-state index is 0.0727.